The van der Waals surface area contributed by atoms with Gasteiger partial charge in [-0.2, -0.15) is 0 Å². The van der Waals surface area contributed by atoms with Crippen LogP contribution in [0.25, 0.3) is 0 Å². The van der Waals surface area contributed by atoms with Crippen molar-refractivity contribution >= 4 is 11.6 Å². The standard InChI is InChI=1S/C10H20Cl/c1-2-3-4-5-6-7-8-9-10-11/h10H,2-9H2,1H3. The average molecular weight is 176 g/mol. The summed E-state index contributed by atoms with van der Waals surface area (Å²) in [6, 6.07) is 0. The highest BCUT2D eigenvalue weighted by atomic mass is 35.5. The van der Waals surface area contributed by atoms with Crippen LogP contribution in [0.15, 0.2) is 0 Å². The largest absolute Gasteiger partial charge is 0.121 e. The molecule has 0 unspecified atom stereocenters. The Morgan fingerprint density at radius 3 is 2.00 bits per heavy atom. The molecular formula is C10H20Cl. The Labute approximate surface area is 76.3 Å². The van der Waals surface area contributed by atoms with Crippen LogP contribution in [0.1, 0.15) is 58.3 Å². The minimum atomic E-state index is 1.08. The molecule has 0 aromatic heterocycles. The Bertz CT molecular complexity index is 53.9. The van der Waals surface area contributed by atoms with Gasteiger partial charge in [0.05, 0.1) is 0 Å². The quantitative estimate of drug-likeness (QED) is 0.476. The lowest BCUT2D eigenvalue weighted by Gasteiger charge is -1.98. The average Bonchev–Trinajstić information content (AvgIpc) is 2.03. The third-order valence-electron chi connectivity index (χ3n) is 1.92. The molecule has 0 fully saturated rings. The molecule has 0 amide bonds. The zero-order chi connectivity index (χ0) is 8.36. The third-order valence-corrected chi connectivity index (χ3v) is 2.14. The maximum absolute atomic E-state index is 5.44. The zero-order valence-corrected chi connectivity index (χ0v) is 8.37. The van der Waals surface area contributed by atoms with Crippen molar-refractivity contribution in [2.75, 3.05) is 0 Å². The van der Waals surface area contributed by atoms with E-state index >= 15 is 0 Å². The van der Waals surface area contributed by atoms with Crippen LogP contribution >= 0.6 is 11.6 Å². The predicted octanol–water partition coefficient (Wildman–Crippen LogP) is 4.53. The zero-order valence-electron chi connectivity index (χ0n) is 7.61. The van der Waals surface area contributed by atoms with Crippen molar-refractivity contribution in [1.29, 1.82) is 0 Å². The molecule has 0 atom stereocenters. The molecule has 1 radical (unpaired) electrons. The molecule has 0 rings (SSSR count). The van der Waals surface area contributed by atoms with Gasteiger partial charge in [-0.1, -0.05) is 51.9 Å². The maximum Gasteiger partial charge on any atom is 0.0499 e. The molecule has 0 spiro atoms. The fraction of sp³-hybridized carbons (Fsp3) is 0.900. The first-order valence-electron chi connectivity index (χ1n) is 4.83. The minimum absolute atomic E-state index is 1.08. The van der Waals surface area contributed by atoms with Crippen molar-refractivity contribution in [3.05, 3.63) is 5.88 Å². The molecule has 0 bridgehead atoms. The van der Waals surface area contributed by atoms with E-state index in [2.05, 4.69) is 6.92 Å². The monoisotopic (exact) mass is 175 g/mol. The van der Waals surface area contributed by atoms with E-state index in [1.165, 1.54) is 44.9 Å². The van der Waals surface area contributed by atoms with Gasteiger partial charge in [0.1, 0.15) is 0 Å². The number of hydrogen-bond donors (Lipinski definition) is 0. The first-order chi connectivity index (χ1) is 5.41. The van der Waals surface area contributed by atoms with E-state index < -0.39 is 0 Å². The van der Waals surface area contributed by atoms with E-state index in [-0.39, 0.29) is 0 Å². The SMILES string of the molecule is CCCCCCCCC[CH]Cl. The predicted molar refractivity (Wildman–Crippen MR) is 52.8 cm³/mol. The maximum atomic E-state index is 5.44. The normalized spacial score (nSPS) is 10.4. The van der Waals surface area contributed by atoms with Gasteiger partial charge in [-0.3, -0.25) is 0 Å². The van der Waals surface area contributed by atoms with Crippen molar-refractivity contribution < 1.29 is 0 Å². The van der Waals surface area contributed by atoms with E-state index in [9.17, 15) is 0 Å². The van der Waals surface area contributed by atoms with Gasteiger partial charge in [0.15, 0.2) is 0 Å². The van der Waals surface area contributed by atoms with Crippen LogP contribution in [0.4, 0.5) is 0 Å². The first-order valence-corrected chi connectivity index (χ1v) is 5.27. The third kappa shape index (κ3) is 10.3. The van der Waals surface area contributed by atoms with Gasteiger partial charge in [0, 0.05) is 5.88 Å². The summed E-state index contributed by atoms with van der Waals surface area (Å²) in [5.41, 5.74) is 0. The summed E-state index contributed by atoms with van der Waals surface area (Å²) in [6.07, 6.45) is 10.7. The summed E-state index contributed by atoms with van der Waals surface area (Å²) in [7, 11) is 0. The van der Waals surface area contributed by atoms with E-state index in [1.807, 2.05) is 0 Å². The number of halogens is 1. The van der Waals surface area contributed by atoms with Crippen molar-refractivity contribution in [1.82, 2.24) is 0 Å². The van der Waals surface area contributed by atoms with Gasteiger partial charge in [0.2, 0.25) is 0 Å². The Morgan fingerprint density at radius 2 is 1.45 bits per heavy atom. The first kappa shape index (κ1) is 11.3. The molecule has 0 saturated heterocycles. The molecule has 0 N–H and O–H groups in total. The smallest absolute Gasteiger partial charge is 0.0499 e. The van der Waals surface area contributed by atoms with Crippen molar-refractivity contribution in [3.8, 4) is 0 Å². The van der Waals surface area contributed by atoms with Crippen molar-refractivity contribution in [2.24, 2.45) is 0 Å². The lowest BCUT2D eigenvalue weighted by atomic mass is 10.1. The van der Waals surface area contributed by atoms with Gasteiger partial charge >= 0.3 is 0 Å². The second-order valence-corrected chi connectivity index (χ2v) is 3.37. The van der Waals surface area contributed by atoms with E-state index in [0.717, 1.165) is 6.42 Å². The van der Waals surface area contributed by atoms with E-state index in [0.29, 0.717) is 0 Å². The minimum Gasteiger partial charge on any atom is -0.121 e. The lowest BCUT2D eigenvalue weighted by Crippen LogP contribution is -1.78. The number of unbranched alkanes of at least 4 members (excludes halogenated alkanes) is 7. The highest BCUT2D eigenvalue weighted by Crippen LogP contribution is 2.09. The fourth-order valence-electron chi connectivity index (χ4n) is 1.18. The molecule has 1 heteroatoms. The lowest BCUT2D eigenvalue weighted by molar-refractivity contribution is 0.590. The molecule has 0 aliphatic rings. The van der Waals surface area contributed by atoms with Gasteiger partial charge in [-0.15, -0.1) is 11.6 Å². The van der Waals surface area contributed by atoms with Crippen LogP contribution < -0.4 is 0 Å². The van der Waals surface area contributed by atoms with Crippen LogP contribution in [0.3, 0.4) is 0 Å². The molecular weight excluding hydrogens is 156 g/mol. The van der Waals surface area contributed by atoms with Crippen LogP contribution in [-0.2, 0) is 0 Å². The number of rotatable bonds is 8. The topological polar surface area (TPSA) is 0 Å². The Morgan fingerprint density at radius 1 is 0.909 bits per heavy atom. The summed E-state index contributed by atoms with van der Waals surface area (Å²) in [5, 5.41) is 0. The molecule has 11 heavy (non-hydrogen) atoms. The summed E-state index contributed by atoms with van der Waals surface area (Å²) in [4.78, 5) is 0. The molecule has 0 aromatic carbocycles. The van der Waals surface area contributed by atoms with E-state index in [1.54, 1.807) is 5.88 Å². The second kappa shape index (κ2) is 10.3. The highest BCUT2D eigenvalue weighted by molar-refractivity contribution is 6.23. The van der Waals surface area contributed by atoms with Crippen LogP contribution in [-0.4, -0.2) is 0 Å². The van der Waals surface area contributed by atoms with Gasteiger partial charge in [-0.25, -0.2) is 0 Å². The Hall–Kier alpha value is 0.290. The Balaban J connectivity index is 2.69. The molecule has 0 aliphatic carbocycles. The van der Waals surface area contributed by atoms with Crippen LogP contribution in [0.5, 0.6) is 0 Å². The summed E-state index contributed by atoms with van der Waals surface area (Å²) < 4.78 is 0. The van der Waals surface area contributed by atoms with Gasteiger partial charge in [0.25, 0.3) is 0 Å². The summed E-state index contributed by atoms with van der Waals surface area (Å²) in [5.74, 6) is 1.74. The summed E-state index contributed by atoms with van der Waals surface area (Å²) >= 11 is 5.44. The molecule has 0 saturated carbocycles. The second-order valence-electron chi connectivity index (χ2n) is 3.06. The van der Waals surface area contributed by atoms with Gasteiger partial charge < -0.3 is 0 Å². The summed E-state index contributed by atoms with van der Waals surface area (Å²) in [6.45, 7) is 2.25. The van der Waals surface area contributed by atoms with E-state index in [4.69, 9.17) is 11.6 Å². The van der Waals surface area contributed by atoms with Crippen LogP contribution in [0.2, 0.25) is 0 Å². The number of hydrogen-bond acceptors (Lipinski definition) is 0. The molecule has 0 aromatic rings. The Kier molecular flexibility index (Phi) is 10.6. The molecule has 0 nitrogen and oxygen atoms in total. The molecule has 0 heterocycles. The van der Waals surface area contributed by atoms with Crippen LogP contribution in [0, 0.1) is 5.88 Å². The van der Waals surface area contributed by atoms with Crippen molar-refractivity contribution in [2.45, 2.75) is 58.3 Å². The molecule has 0 aliphatic heterocycles. The van der Waals surface area contributed by atoms with Crippen molar-refractivity contribution in [3.63, 3.8) is 0 Å². The fourth-order valence-corrected chi connectivity index (χ4v) is 1.33. The highest BCUT2D eigenvalue weighted by Gasteiger charge is 1.89. The van der Waals surface area contributed by atoms with Gasteiger partial charge in [-0.05, 0) is 6.42 Å². The molecule has 67 valence electrons.